The molecule has 1 atom stereocenters. The van der Waals surface area contributed by atoms with E-state index >= 15 is 0 Å². The highest BCUT2D eigenvalue weighted by atomic mass is 16.5. The van der Waals surface area contributed by atoms with Gasteiger partial charge >= 0.3 is 5.97 Å². The average molecular weight is 407 g/mol. The molecule has 1 aliphatic heterocycles. The predicted octanol–water partition coefficient (Wildman–Crippen LogP) is 4.38. The molecule has 0 bridgehead atoms. The molecule has 1 aromatic heterocycles. The van der Waals surface area contributed by atoms with Crippen LogP contribution in [0.5, 0.6) is 11.5 Å². The van der Waals surface area contributed by atoms with Crippen molar-refractivity contribution in [2.45, 2.75) is 39.8 Å². The van der Waals surface area contributed by atoms with Gasteiger partial charge in [0.15, 0.2) is 11.5 Å². The first-order chi connectivity index (χ1) is 14.4. The van der Waals surface area contributed by atoms with Crippen molar-refractivity contribution in [3.05, 3.63) is 59.3 Å². The average Bonchev–Trinajstić information content (AvgIpc) is 3.06. The van der Waals surface area contributed by atoms with Gasteiger partial charge in [-0.1, -0.05) is 18.2 Å². The van der Waals surface area contributed by atoms with Gasteiger partial charge in [0.25, 0.3) is 0 Å². The van der Waals surface area contributed by atoms with Crippen molar-refractivity contribution in [3.63, 3.8) is 0 Å². The molecule has 0 aliphatic carbocycles. The number of phenols is 1. The lowest BCUT2D eigenvalue weighted by Crippen LogP contribution is -2.30. The number of carbonyl (C=O) groups is 1. The van der Waals surface area contributed by atoms with Crippen LogP contribution in [0.2, 0.25) is 0 Å². The van der Waals surface area contributed by atoms with E-state index in [-0.39, 0.29) is 11.9 Å². The van der Waals surface area contributed by atoms with Crippen molar-refractivity contribution in [3.8, 4) is 11.5 Å². The first-order valence-corrected chi connectivity index (χ1v) is 10.0. The van der Waals surface area contributed by atoms with Crippen molar-refractivity contribution in [2.24, 2.45) is 0 Å². The van der Waals surface area contributed by atoms with Gasteiger partial charge < -0.3 is 19.9 Å². The van der Waals surface area contributed by atoms with E-state index in [0.29, 0.717) is 29.6 Å². The van der Waals surface area contributed by atoms with Crippen molar-refractivity contribution in [1.82, 2.24) is 9.55 Å². The fourth-order valence-corrected chi connectivity index (χ4v) is 3.79. The van der Waals surface area contributed by atoms with E-state index in [4.69, 9.17) is 14.5 Å². The predicted molar refractivity (Wildman–Crippen MR) is 115 cm³/mol. The lowest BCUT2D eigenvalue weighted by atomic mass is 9.94. The van der Waals surface area contributed by atoms with Gasteiger partial charge in [0, 0.05) is 5.70 Å². The van der Waals surface area contributed by atoms with Gasteiger partial charge in [-0.15, -0.1) is 0 Å². The van der Waals surface area contributed by atoms with Crippen LogP contribution in [0.1, 0.15) is 39.3 Å². The minimum Gasteiger partial charge on any atom is -0.504 e. The number of nitrogens with zero attached hydrogens (tertiary/aromatic N) is 2. The van der Waals surface area contributed by atoms with Crippen LogP contribution in [-0.4, -0.2) is 33.3 Å². The Bertz CT molecular complexity index is 1150. The van der Waals surface area contributed by atoms with Crippen molar-refractivity contribution < 1.29 is 19.4 Å². The molecular formula is C23H25N3O4. The number of phenolic OH excluding ortho intramolecular Hbond substituents is 1. The summed E-state index contributed by atoms with van der Waals surface area (Å²) in [5, 5.41) is 13.4. The van der Waals surface area contributed by atoms with Crippen molar-refractivity contribution in [1.29, 1.82) is 0 Å². The van der Waals surface area contributed by atoms with Gasteiger partial charge in [-0.05, 0) is 57.5 Å². The summed E-state index contributed by atoms with van der Waals surface area (Å²) in [6, 6.07) is 12.4. The number of aromatic nitrogens is 2. The number of fused-ring (bicyclic) bond motifs is 3. The number of rotatable bonds is 5. The van der Waals surface area contributed by atoms with Gasteiger partial charge in [0.2, 0.25) is 5.95 Å². The molecule has 0 spiro atoms. The maximum absolute atomic E-state index is 13.1. The maximum atomic E-state index is 13.1. The van der Waals surface area contributed by atoms with Crippen LogP contribution in [0.15, 0.2) is 53.7 Å². The number of aromatic hydroxyl groups is 1. The Labute approximate surface area is 174 Å². The third-order valence-corrected chi connectivity index (χ3v) is 4.99. The molecule has 7 nitrogen and oxygen atoms in total. The van der Waals surface area contributed by atoms with E-state index in [2.05, 4.69) is 5.32 Å². The molecule has 0 saturated carbocycles. The fourth-order valence-electron chi connectivity index (χ4n) is 3.79. The Hall–Kier alpha value is -3.48. The van der Waals surface area contributed by atoms with E-state index in [9.17, 15) is 9.90 Å². The van der Waals surface area contributed by atoms with Crippen LogP contribution in [0.4, 0.5) is 5.95 Å². The highest BCUT2D eigenvalue weighted by molar-refractivity contribution is 5.94. The first-order valence-electron chi connectivity index (χ1n) is 10.0. The zero-order valence-corrected chi connectivity index (χ0v) is 17.5. The van der Waals surface area contributed by atoms with Gasteiger partial charge in [-0.3, -0.25) is 4.57 Å². The molecular weight excluding hydrogens is 382 g/mol. The van der Waals surface area contributed by atoms with Gasteiger partial charge in [-0.25, -0.2) is 9.78 Å². The normalized spacial score (nSPS) is 15.8. The summed E-state index contributed by atoms with van der Waals surface area (Å²) in [5.41, 5.74) is 3.67. The highest BCUT2D eigenvalue weighted by Crippen LogP contribution is 2.41. The Morgan fingerprint density at radius 1 is 1.27 bits per heavy atom. The van der Waals surface area contributed by atoms with Crippen molar-refractivity contribution in [2.75, 3.05) is 11.9 Å². The summed E-state index contributed by atoms with van der Waals surface area (Å²) < 4.78 is 13.1. The highest BCUT2D eigenvalue weighted by Gasteiger charge is 2.35. The summed E-state index contributed by atoms with van der Waals surface area (Å²) >= 11 is 0. The zero-order chi connectivity index (χ0) is 21.4. The minimum atomic E-state index is -0.486. The Morgan fingerprint density at radius 2 is 2.03 bits per heavy atom. The molecule has 2 heterocycles. The molecule has 0 saturated heterocycles. The largest absolute Gasteiger partial charge is 0.504 e. The molecule has 3 aromatic rings. The maximum Gasteiger partial charge on any atom is 0.338 e. The molecule has 2 aromatic carbocycles. The number of carbonyl (C=O) groups excluding carboxylic acids is 1. The second kappa shape index (κ2) is 7.74. The number of imidazole rings is 1. The third kappa shape index (κ3) is 3.36. The Balaban J connectivity index is 1.95. The number of anilines is 1. The van der Waals surface area contributed by atoms with Crippen LogP contribution in [0.3, 0.4) is 0 Å². The molecule has 2 N–H and O–H groups in total. The Kier molecular flexibility index (Phi) is 5.11. The number of hydrogen-bond acceptors (Lipinski definition) is 6. The molecule has 0 radical (unpaired) electrons. The van der Waals surface area contributed by atoms with Gasteiger partial charge in [0.05, 0.1) is 35.4 Å². The molecule has 30 heavy (non-hydrogen) atoms. The van der Waals surface area contributed by atoms with Crippen molar-refractivity contribution >= 4 is 23.0 Å². The van der Waals surface area contributed by atoms with Crippen LogP contribution < -0.4 is 10.1 Å². The summed E-state index contributed by atoms with van der Waals surface area (Å²) in [6.45, 7) is 7.76. The van der Waals surface area contributed by atoms with Crippen LogP contribution >= 0.6 is 0 Å². The number of nitrogens with one attached hydrogen (secondary N) is 1. The van der Waals surface area contributed by atoms with Gasteiger partial charge in [0.1, 0.15) is 0 Å². The number of ether oxygens (including phenoxy) is 2. The summed E-state index contributed by atoms with van der Waals surface area (Å²) in [5.74, 6) is 0.672. The molecule has 1 unspecified atom stereocenters. The topological polar surface area (TPSA) is 85.6 Å². The number of allylic oxidation sites excluding steroid dienone is 1. The van der Waals surface area contributed by atoms with E-state index in [1.807, 2.05) is 56.5 Å². The summed E-state index contributed by atoms with van der Waals surface area (Å²) in [6.07, 6.45) is -0.252. The summed E-state index contributed by atoms with van der Waals surface area (Å²) in [7, 11) is 0. The minimum absolute atomic E-state index is 0.0530. The lowest BCUT2D eigenvalue weighted by Gasteiger charge is -2.30. The lowest BCUT2D eigenvalue weighted by molar-refractivity contribution is -0.143. The first kappa shape index (κ1) is 19.8. The second-order valence-electron chi connectivity index (χ2n) is 7.47. The smallest absolute Gasteiger partial charge is 0.338 e. The molecule has 0 fully saturated rings. The third-order valence-electron chi connectivity index (χ3n) is 4.99. The zero-order valence-electron chi connectivity index (χ0n) is 17.5. The van der Waals surface area contributed by atoms with E-state index in [1.165, 1.54) is 0 Å². The van der Waals surface area contributed by atoms with Crippen LogP contribution in [-0.2, 0) is 9.53 Å². The summed E-state index contributed by atoms with van der Waals surface area (Å²) in [4.78, 5) is 17.8. The number of esters is 1. The van der Waals surface area contributed by atoms with E-state index in [0.717, 1.165) is 16.6 Å². The van der Waals surface area contributed by atoms with E-state index < -0.39 is 12.0 Å². The standard InChI is InChI=1S/C23H25N3O4/c1-5-29-19-12-15(10-11-18(19)27)21-20(22(28)30-13(2)3)14(4)24-23-25-16-8-6-7-9-17(16)26(21)23/h6-13,21,27H,5H2,1-4H3,(H,24,25). The van der Waals surface area contributed by atoms with E-state index in [1.54, 1.807) is 18.2 Å². The van der Waals surface area contributed by atoms with Crippen LogP contribution in [0, 0.1) is 0 Å². The number of hydrogen-bond donors (Lipinski definition) is 2. The number of benzene rings is 2. The molecule has 0 amide bonds. The fraction of sp³-hybridized carbons (Fsp3) is 0.304. The molecule has 7 heteroatoms. The second-order valence-corrected chi connectivity index (χ2v) is 7.47. The van der Waals surface area contributed by atoms with Crippen LogP contribution in [0.25, 0.3) is 11.0 Å². The SMILES string of the molecule is CCOc1cc(C2C(C(=O)OC(C)C)=C(C)Nc3nc4ccccc4n32)ccc1O. The Morgan fingerprint density at radius 3 is 2.77 bits per heavy atom. The quantitative estimate of drug-likeness (QED) is 0.611. The molecule has 156 valence electrons. The number of para-hydroxylation sites is 2. The monoisotopic (exact) mass is 407 g/mol. The molecule has 1 aliphatic rings. The molecule has 4 rings (SSSR count). The van der Waals surface area contributed by atoms with Gasteiger partial charge in [-0.2, -0.15) is 0 Å².